The van der Waals surface area contributed by atoms with Gasteiger partial charge in [0.2, 0.25) is 0 Å². The van der Waals surface area contributed by atoms with Crippen LogP contribution >= 0.6 is 0 Å². The highest BCUT2D eigenvalue weighted by Gasteiger charge is 2.41. The van der Waals surface area contributed by atoms with Crippen molar-refractivity contribution in [3.8, 4) is 0 Å². The van der Waals surface area contributed by atoms with E-state index in [9.17, 15) is 0 Å². The molecule has 2 heteroatoms. The van der Waals surface area contributed by atoms with E-state index in [0.717, 1.165) is 6.42 Å². The average molecular weight is 156 g/mol. The molecule has 0 aliphatic carbocycles. The Balaban J connectivity index is 2.76. The van der Waals surface area contributed by atoms with Crippen molar-refractivity contribution in [2.75, 3.05) is 13.6 Å². The summed E-state index contributed by atoms with van der Waals surface area (Å²) in [5.41, 5.74) is 6.39. The highest BCUT2D eigenvalue weighted by atomic mass is 15.2. The first-order valence-electron chi connectivity index (χ1n) is 4.64. The van der Waals surface area contributed by atoms with Crippen LogP contribution in [0.3, 0.4) is 0 Å². The highest BCUT2D eigenvalue weighted by molar-refractivity contribution is 5.01. The summed E-state index contributed by atoms with van der Waals surface area (Å²) in [5.74, 6) is 0. The second kappa shape index (κ2) is 3.11. The zero-order chi connectivity index (χ0) is 8.48. The zero-order valence-corrected chi connectivity index (χ0v) is 7.93. The van der Waals surface area contributed by atoms with E-state index in [1.165, 1.54) is 19.4 Å². The molecule has 0 saturated carbocycles. The van der Waals surface area contributed by atoms with Crippen molar-refractivity contribution >= 4 is 0 Å². The molecule has 0 spiro atoms. The molecule has 0 aromatic rings. The summed E-state index contributed by atoms with van der Waals surface area (Å²) in [5, 5.41) is 0. The number of likely N-dealkylation sites (tertiary alicyclic amines) is 1. The van der Waals surface area contributed by atoms with E-state index in [0.29, 0.717) is 11.6 Å². The Morgan fingerprint density at radius 3 is 2.18 bits per heavy atom. The minimum absolute atomic E-state index is 0.306. The lowest BCUT2D eigenvalue weighted by molar-refractivity contribution is 0.145. The van der Waals surface area contributed by atoms with Crippen molar-refractivity contribution < 1.29 is 0 Å². The number of likely N-dealkylation sites (N-methyl/N-ethyl adjacent to an activating group) is 1. The molecule has 66 valence electrons. The zero-order valence-electron chi connectivity index (χ0n) is 7.93. The van der Waals surface area contributed by atoms with Gasteiger partial charge in [0.1, 0.15) is 0 Å². The lowest BCUT2D eigenvalue weighted by Crippen LogP contribution is -2.51. The van der Waals surface area contributed by atoms with Gasteiger partial charge in [0, 0.05) is 11.6 Å². The Bertz CT molecular complexity index is 118. The van der Waals surface area contributed by atoms with Crippen LogP contribution in [0.4, 0.5) is 0 Å². The summed E-state index contributed by atoms with van der Waals surface area (Å²) in [6.07, 6.45) is 3.53. The van der Waals surface area contributed by atoms with Crippen LogP contribution in [0.15, 0.2) is 0 Å². The smallest absolute Gasteiger partial charge is 0.0352 e. The second-order valence-electron chi connectivity index (χ2n) is 3.63. The molecular weight excluding hydrogens is 136 g/mol. The monoisotopic (exact) mass is 156 g/mol. The minimum Gasteiger partial charge on any atom is -0.326 e. The molecule has 1 fully saturated rings. The van der Waals surface area contributed by atoms with Crippen molar-refractivity contribution in [1.29, 1.82) is 0 Å². The Morgan fingerprint density at radius 1 is 1.45 bits per heavy atom. The van der Waals surface area contributed by atoms with Gasteiger partial charge in [0.25, 0.3) is 0 Å². The topological polar surface area (TPSA) is 29.3 Å². The van der Waals surface area contributed by atoms with E-state index in [1.54, 1.807) is 0 Å². The molecule has 1 aliphatic rings. The van der Waals surface area contributed by atoms with Crippen LogP contribution in [0.2, 0.25) is 0 Å². The SMILES string of the molecule is CCC1(CC)C(N)CCN1C. The summed E-state index contributed by atoms with van der Waals surface area (Å²) in [4.78, 5) is 2.43. The lowest BCUT2D eigenvalue weighted by atomic mass is 9.86. The predicted molar refractivity (Wildman–Crippen MR) is 48.5 cm³/mol. The Hall–Kier alpha value is -0.0800. The Morgan fingerprint density at radius 2 is 2.00 bits per heavy atom. The van der Waals surface area contributed by atoms with E-state index in [1.807, 2.05) is 0 Å². The molecule has 0 aromatic carbocycles. The molecule has 0 radical (unpaired) electrons. The third-order valence-corrected chi connectivity index (χ3v) is 3.45. The second-order valence-corrected chi connectivity index (χ2v) is 3.63. The summed E-state index contributed by atoms with van der Waals surface area (Å²) in [6, 6.07) is 0.391. The van der Waals surface area contributed by atoms with Gasteiger partial charge >= 0.3 is 0 Å². The third kappa shape index (κ3) is 1.18. The molecular formula is C9H20N2. The summed E-state index contributed by atoms with van der Waals surface area (Å²) >= 11 is 0. The number of hydrogen-bond acceptors (Lipinski definition) is 2. The van der Waals surface area contributed by atoms with Crippen LogP contribution in [0, 0.1) is 0 Å². The van der Waals surface area contributed by atoms with Gasteiger partial charge in [0.05, 0.1) is 0 Å². The first-order chi connectivity index (χ1) is 5.17. The summed E-state index contributed by atoms with van der Waals surface area (Å²) < 4.78 is 0. The van der Waals surface area contributed by atoms with E-state index < -0.39 is 0 Å². The van der Waals surface area contributed by atoms with Gasteiger partial charge in [-0.15, -0.1) is 0 Å². The average Bonchev–Trinajstić information content (AvgIpc) is 2.29. The lowest BCUT2D eigenvalue weighted by Gasteiger charge is -2.37. The molecule has 1 rings (SSSR count). The fourth-order valence-electron chi connectivity index (χ4n) is 2.42. The molecule has 1 unspecified atom stereocenters. The van der Waals surface area contributed by atoms with Crippen LogP contribution < -0.4 is 5.73 Å². The van der Waals surface area contributed by atoms with Gasteiger partial charge in [-0.25, -0.2) is 0 Å². The summed E-state index contributed by atoms with van der Waals surface area (Å²) in [6.45, 7) is 5.65. The molecule has 0 bridgehead atoms. The third-order valence-electron chi connectivity index (χ3n) is 3.45. The standard InChI is InChI=1S/C9H20N2/c1-4-9(5-2)8(10)6-7-11(9)3/h8H,4-7,10H2,1-3H3. The molecule has 2 N–H and O–H groups in total. The van der Waals surface area contributed by atoms with Crippen molar-refractivity contribution in [3.63, 3.8) is 0 Å². The van der Waals surface area contributed by atoms with Crippen molar-refractivity contribution in [3.05, 3.63) is 0 Å². The number of rotatable bonds is 2. The first-order valence-corrected chi connectivity index (χ1v) is 4.64. The van der Waals surface area contributed by atoms with Crippen LogP contribution in [0.5, 0.6) is 0 Å². The molecule has 1 heterocycles. The fraction of sp³-hybridized carbons (Fsp3) is 1.00. The van der Waals surface area contributed by atoms with Crippen molar-refractivity contribution in [2.24, 2.45) is 5.73 Å². The number of nitrogens with two attached hydrogens (primary N) is 1. The van der Waals surface area contributed by atoms with Gasteiger partial charge in [0.15, 0.2) is 0 Å². The fourth-order valence-corrected chi connectivity index (χ4v) is 2.42. The number of hydrogen-bond donors (Lipinski definition) is 1. The minimum atomic E-state index is 0.306. The Labute approximate surface area is 69.8 Å². The van der Waals surface area contributed by atoms with E-state index in [-0.39, 0.29) is 0 Å². The molecule has 11 heavy (non-hydrogen) atoms. The van der Waals surface area contributed by atoms with Crippen molar-refractivity contribution in [1.82, 2.24) is 4.90 Å². The molecule has 1 atom stereocenters. The van der Waals surface area contributed by atoms with Crippen LogP contribution in [-0.2, 0) is 0 Å². The molecule has 1 aliphatic heterocycles. The van der Waals surface area contributed by atoms with Crippen molar-refractivity contribution in [2.45, 2.75) is 44.7 Å². The van der Waals surface area contributed by atoms with Gasteiger partial charge < -0.3 is 5.73 Å². The largest absolute Gasteiger partial charge is 0.326 e. The molecule has 0 aromatic heterocycles. The maximum absolute atomic E-state index is 6.08. The first kappa shape index (κ1) is 9.01. The van der Waals surface area contributed by atoms with Gasteiger partial charge in [-0.2, -0.15) is 0 Å². The Kier molecular flexibility index (Phi) is 2.55. The highest BCUT2D eigenvalue weighted by Crippen LogP contribution is 2.32. The van der Waals surface area contributed by atoms with Gasteiger partial charge in [-0.1, -0.05) is 13.8 Å². The van der Waals surface area contributed by atoms with E-state index >= 15 is 0 Å². The number of nitrogens with zero attached hydrogens (tertiary/aromatic N) is 1. The van der Waals surface area contributed by atoms with Crippen LogP contribution in [0.25, 0.3) is 0 Å². The van der Waals surface area contributed by atoms with Crippen LogP contribution in [0.1, 0.15) is 33.1 Å². The van der Waals surface area contributed by atoms with Crippen LogP contribution in [-0.4, -0.2) is 30.1 Å². The maximum Gasteiger partial charge on any atom is 0.0352 e. The molecule has 1 saturated heterocycles. The maximum atomic E-state index is 6.08. The normalized spacial score (nSPS) is 31.1. The molecule has 2 nitrogen and oxygen atoms in total. The van der Waals surface area contributed by atoms with E-state index in [2.05, 4.69) is 25.8 Å². The summed E-state index contributed by atoms with van der Waals surface area (Å²) in [7, 11) is 2.19. The quantitative estimate of drug-likeness (QED) is 0.651. The molecule has 0 amide bonds. The van der Waals surface area contributed by atoms with Gasteiger partial charge in [-0.05, 0) is 32.9 Å². The van der Waals surface area contributed by atoms with Gasteiger partial charge in [-0.3, -0.25) is 4.90 Å². The predicted octanol–water partition coefficient (Wildman–Crippen LogP) is 1.21. The van der Waals surface area contributed by atoms with E-state index in [4.69, 9.17) is 5.73 Å².